The van der Waals surface area contributed by atoms with Gasteiger partial charge in [0.1, 0.15) is 5.39 Å². The lowest BCUT2D eigenvalue weighted by Crippen LogP contribution is -2.32. The predicted molar refractivity (Wildman–Crippen MR) is 49.2 cm³/mol. The van der Waals surface area contributed by atoms with Gasteiger partial charge in [0.25, 0.3) is 5.56 Å². The number of nitrogens with zero attached hydrogens (tertiary/aromatic N) is 2. The molecule has 0 bridgehead atoms. The van der Waals surface area contributed by atoms with Gasteiger partial charge in [-0.15, -0.1) is 0 Å². The monoisotopic (exact) mass is 195 g/mol. The summed E-state index contributed by atoms with van der Waals surface area (Å²) in [7, 11) is 1.41. The van der Waals surface area contributed by atoms with Crippen LogP contribution in [0.3, 0.4) is 0 Å². The average Bonchev–Trinajstić information content (AvgIpc) is 2.57. The van der Waals surface area contributed by atoms with Crippen molar-refractivity contribution < 1.29 is 4.52 Å². The van der Waals surface area contributed by atoms with Crippen molar-refractivity contribution in [3.8, 4) is 0 Å². The Labute approximate surface area is 78.1 Å². The van der Waals surface area contributed by atoms with E-state index >= 15 is 0 Å². The Bertz CT molecular complexity index is 590. The van der Waals surface area contributed by atoms with Crippen LogP contribution in [0.5, 0.6) is 0 Å². The van der Waals surface area contributed by atoms with E-state index in [1.807, 2.05) is 6.92 Å². The molecule has 6 nitrogen and oxygen atoms in total. The number of hydrogen-bond donors (Lipinski definition) is 1. The second-order valence-corrected chi connectivity index (χ2v) is 2.98. The molecule has 2 rings (SSSR count). The Balaban J connectivity index is 3.03. The van der Waals surface area contributed by atoms with Gasteiger partial charge in [-0.05, 0) is 6.42 Å². The number of rotatable bonds is 1. The molecular formula is C8H9N3O3. The Kier molecular flexibility index (Phi) is 1.77. The number of fused-ring (bicyclic) bond motifs is 1. The van der Waals surface area contributed by atoms with E-state index < -0.39 is 5.69 Å². The highest BCUT2D eigenvalue weighted by Crippen LogP contribution is 2.10. The second kappa shape index (κ2) is 2.83. The highest BCUT2D eigenvalue weighted by molar-refractivity contribution is 5.74. The molecule has 0 amide bonds. The molecule has 0 atom stereocenters. The number of aryl methyl sites for hydroxylation is 1. The van der Waals surface area contributed by atoms with Crippen molar-refractivity contribution >= 4 is 11.1 Å². The van der Waals surface area contributed by atoms with E-state index in [2.05, 4.69) is 10.1 Å². The number of nitrogens with one attached hydrogen (secondary N) is 1. The minimum atomic E-state index is -0.499. The SMILES string of the molecule is CCc1noc2[nH]c(=O)n(C)c(=O)c12. The normalized spacial score (nSPS) is 11.0. The largest absolute Gasteiger partial charge is 0.337 e. The van der Waals surface area contributed by atoms with Crippen LogP contribution in [0.25, 0.3) is 11.1 Å². The van der Waals surface area contributed by atoms with Crippen molar-refractivity contribution in [3.05, 3.63) is 26.5 Å². The first kappa shape index (κ1) is 8.74. The second-order valence-electron chi connectivity index (χ2n) is 2.98. The van der Waals surface area contributed by atoms with E-state index in [0.717, 1.165) is 4.57 Å². The molecule has 0 aliphatic heterocycles. The fourth-order valence-corrected chi connectivity index (χ4v) is 1.31. The topological polar surface area (TPSA) is 80.9 Å². The maximum absolute atomic E-state index is 11.6. The highest BCUT2D eigenvalue weighted by atomic mass is 16.5. The Hall–Kier alpha value is -1.85. The van der Waals surface area contributed by atoms with Crippen molar-refractivity contribution in [2.45, 2.75) is 13.3 Å². The quantitative estimate of drug-likeness (QED) is 0.681. The van der Waals surface area contributed by atoms with Gasteiger partial charge in [-0.2, -0.15) is 0 Å². The zero-order valence-corrected chi connectivity index (χ0v) is 7.83. The lowest BCUT2D eigenvalue weighted by molar-refractivity contribution is 0.438. The fraction of sp³-hybridized carbons (Fsp3) is 0.375. The third kappa shape index (κ3) is 1.00. The highest BCUT2D eigenvalue weighted by Gasteiger charge is 2.13. The summed E-state index contributed by atoms with van der Waals surface area (Å²) in [5.41, 5.74) is -0.157. The molecular weight excluding hydrogens is 186 g/mol. The molecule has 74 valence electrons. The molecule has 2 heterocycles. The molecule has 0 aliphatic rings. The van der Waals surface area contributed by atoms with E-state index in [4.69, 9.17) is 4.52 Å². The van der Waals surface area contributed by atoms with E-state index in [1.165, 1.54) is 7.05 Å². The lowest BCUT2D eigenvalue weighted by Gasteiger charge is -1.94. The molecule has 2 aromatic rings. The van der Waals surface area contributed by atoms with Gasteiger partial charge in [-0.1, -0.05) is 12.1 Å². The van der Waals surface area contributed by atoms with Crippen LogP contribution in [0.1, 0.15) is 12.6 Å². The number of H-pyrrole nitrogens is 1. The summed E-state index contributed by atoms with van der Waals surface area (Å²) >= 11 is 0. The van der Waals surface area contributed by atoms with Crippen LogP contribution in [-0.2, 0) is 13.5 Å². The summed E-state index contributed by atoms with van der Waals surface area (Å²) in [5.74, 6) is 0. The van der Waals surface area contributed by atoms with Gasteiger partial charge < -0.3 is 4.52 Å². The van der Waals surface area contributed by atoms with Crippen LogP contribution in [0.2, 0.25) is 0 Å². The van der Waals surface area contributed by atoms with Crippen molar-refractivity contribution in [2.24, 2.45) is 7.05 Å². The molecule has 1 N–H and O–H groups in total. The molecule has 6 heteroatoms. The maximum atomic E-state index is 11.6. The summed E-state index contributed by atoms with van der Waals surface area (Å²) in [5, 5.41) is 4.05. The summed E-state index contributed by atoms with van der Waals surface area (Å²) in [4.78, 5) is 25.2. The smallest absolute Gasteiger partial charge is 0.330 e. The molecule has 0 spiro atoms. The third-order valence-corrected chi connectivity index (χ3v) is 2.14. The van der Waals surface area contributed by atoms with Gasteiger partial charge in [0, 0.05) is 7.05 Å². The zero-order chi connectivity index (χ0) is 10.3. The first-order valence-electron chi connectivity index (χ1n) is 4.22. The number of aromatic amines is 1. The number of hydrogen-bond acceptors (Lipinski definition) is 4. The van der Waals surface area contributed by atoms with Crippen molar-refractivity contribution in [3.63, 3.8) is 0 Å². The molecule has 0 unspecified atom stereocenters. The zero-order valence-electron chi connectivity index (χ0n) is 7.83. The van der Waals surface area contributed by atoms with Crippen molar-refractivity contribution in [1.29, 1.82) is 0 Å². The minimum Gasteiger partial charge on any atom is -0.337 e. The van der Waals surface area contributed by atoms with Gasteiger partial charge in [0.05, 0.1) is 5.69 Å². The van der Waals surface area contributed by atoms with Gasteiger partial charge in [-0.3, -0.25) is 14.3 Å². The molecule has 0 aromatic carbocycles. The van der Waals surface area contributed by atoms with Gasteiger partial charge >= 0.3 is 5.69 Å². The Morgan fingerprint density at radius 3 is 2.86 bits per heavy atom. The number of aromatic nitrogens is 3. The minimum absolute atomic E-state index is 0.148. The van der Waals surface area contributed by atoms with Crippen molar-refractivity contribution in [1.82, 2.24) is 14.7 Å². The molecule has 0 saturated heterocycles. The van der Waals surface area contributed by atoms with E-state index in [0.29, 0.717) is 17.5 Å². The maximum Gasteiger partial charge on any atom is 0.330 e. The first-order valence-corrected chi connectivity index (χ1v) is 4.22. The van der Waals surface area contributed by atoms with Crippen LogP contribution >= 0.6 is 0 Å². The van der Waals surface area contributed by atoms with Crippen LogP contribution in [0, 0.1) is 0 Å². The van der Waals surface area contributed by atoms with Gasteiger partial charge in [-0.25, -0.2) is 4.79 Å². The molecule has 0 radical (unpaired) electrons. The third-order valence-electron chi connectivity index (χ3n) is 2.14. The van der Waals surface area contributed by atoms with Crippen LogP contribution in [-0.4, -0.2) is 14.7 Å². The summed E-state index contributed by atoms with van der Waals surface area (Å²) < 4.78 is 5.84. The lowest BCUT2D eigenvalue weighted by atomic mass is 10.2. The van der Waals surface area contributed by atoms with Crippen LogP contribution in [0.4, 0.5) is 0 Å². The average molecular weight is 195 g/mol. The molecule has 0 saturated carbocycles. The standard InChI is InChI=1S/C8H9N3O3/c1-3-4-5-6(14-10-4)9-8(13)11(2)7(5)12/h3H2,1-2H3,(H,9,13). The molecule has 14 heavy (non-hydrogen) atoms. The Morgan fingerprint density at radius 2 is 2.21 bits per heavy atom. The van der Waals surface area contributed by atoms with E-state index in [1.54, 1.807) is 0 Å². The predicted octanol–water partition coefficient (Wildman–Crippen LogP) is -0.223. The first-order chi connectivity index (χ1) is 6.65. The summed E-state index contributed by atoms with van der Waals surface area (Å²) in [6.45, 7) is 1.86. The molecule has 0 aliphatic carbocycles. The molecule has 0 fully saturated rings. The van der Waals surface area contributed by atoms with Crippen LogP contribution in [0.15, 0.2) is 14.1 Å². The van der Waals surface area contributed by atoms with Crippen molar-refractivity contribution in [2.75, 3.05) is 0 Å². The fourth-order valence-electron chi connectivity index (χ4n) is 1.31. The summed E-state index contributed by atoms with van der Waals surface area (Å²) in [6.07, 6.45) is 0.592. The van der Waals surface area contributed by atoms with Gasteiger partial charge in [0.2, 0.25) is 5.71 Å². The Morgan fingerprint density at radius 1 is 1.50 bits per heavy atom. The molecule has 2 aromatic heterocycles. The van der Waals surface area contributed by atoms with E-state index in [9.17, 15) is 9.59 Å². The van der Waals surface area contributed by atoms with E-state index in [-0.39, 0.29) is 11.3 Å². The summed E-state index contributed by atoms with van der Waals surface area (Å²) in [6, 6.07) is 0. The van der Waals surface area contributed by atoms with Gasteiger partial charge in [0.15, 0.2) is 0 Å². The van der Waals surface area contributed by atoms with Crippen LogP contribution < -0.4 is 11.2 Å².